The lowest BCUT2D eigenvalue weighted by Gasteiger charge is -2.07. The van der Waals surface area contributed by atoms with E-state index in [1.807, 2.05) is 12.1 Å². The zero-order valence-electron chi connectivity index (χ0n) is 12.3. The summed E-state index contributed by atoms with van der Waals surface area (Å²) in [6.45, 7) is 3.55. The van der Waals surface area contributed by atoms with E-state index < -0.39 is 0 Å². The Labute approximate surface area is 138 Å². The zero-order chi connectivity index (χ0) is 13.9. The highest BCUT2D eigenvalue weighted by Crippen LogP contribution is 2.14. The average molecular weight is 392 g/mol. The summed E-state index contributed by atoms with van der Waals surface area (Å²) in [5, 5.41) is 3.12. The van der Waals surface area contributed by atoms with Gasteiger partial charge in [0.2, 0.25) is 5.88 Å². The number of aliphatic imine (C=N–C) groups is 1. The number of nitrogens with one attached hydrogen (secondary N) is 1. The van der Waals surface area contributed by atoms with E-state index in [0.29, 0.717) is 18.4 Å². The van der Waals surface area contributed by atoms with Crippen LogP contribution in [0.2, 0.25) is 0 Å². The van der Waals surface area contributed by atoms with Crippen molar-refractivity contribution >= 4 is 29.9 Å². The predicted octanol–water partition coefficient (Wildman–Crippen LogP) is 2.69. The first-order valence-electron chi connectivity index (χ1n) is 6.79. The number of rotatable bonds is 8. The third kappa shape index (κ3) is 7.52. The Kier molecular flexibility index (Phi) is 11.1. The Hall–Kier alpha value is -1.05. The smallest absolute Gasteiger partial charge is 0.218 e. The fourth-order valence-corrected chi connectivity index (χ4v) is 1.72. The first-order chi connectivity index (χ1) is 9.27. The molecule has 1 aromatic heterocycles. The van der Waals surface area contributed by atoms with Gasteiger partial charge in [-0.05, 0) is 12.5 Å². The second-order valence-electron chi connectivity index (χ2n) is 4.36. The molecule has 0 aromatic carbocycles. The second kappa shape index (κ2) is 11.7. The molecule has 0 bridgehead atoms. The third-order valence-corrected chi connectivity index (χ3v) is 2.80. The van der Waals surface area contributed by atoms with Gasteiger partial charge in [-0.1, -0.05) is 32.3 Å². The van der Waals surface area contributed by atoms with Crippen LogP contribution < -0.4 is 15.8 Å². The van der Waals surface area contributed by atoms with E-state index in [1.54, 1.807) is 13.3 Å². The van der Waals surface area contributed by atoms with E-state index in [2.05, 4.69) is 22.2 Å². The Morgan fingerprint density at radius 1 is 1.40 bits per heavy atom. The van der Waals surface area contributed by atoms with Crippen molar-refractivity contribution in [2.75, 3.05) is 13.7 Å². The van der Waals surface area contributed by atoms with E-state index in [0.717, 1.165) is 18.5 Å². The molecule has 1 aromatic rings. The predicted molar refractivity (Wildman–Crippen MR) is 93.7 cm³/mol. The van der Waals surface area contributed by atoms with Gasteiger partial charge in [-0.2, -0.15) is 0 Å². The van der Waals surface area contributed by atoms with Gasteiger partial charge in [0, 0.05) is 18.3 Å². The maximum Gasteiger partial charge on any atom is 0.218 e. The highest BCUT2D eigenvalue weighted by molar-refractivity contribution is 14.0. The van der Waals surface area contributed by atoms with Crippen LogP contribution in [0.15, 0.2) is 23.3 Å². The van der Waals surface area contributed by atoms with Crippen molar-refractivity contribution in [3.63, 3.8) is 0 Å². The average Bonchev–Trinajstić information content (AvgIpc) is 2.45. The van der Waals surface area contributed by atoms with E-state index >= 15 is 0 Å². The summed E-state index contributed by atoms with van der Waals surface area (Å²) in [7, 11) is 1.60. The number of ether oxygens (including phenoxy) is 1. The monoisotopic (exact) mass is 392 g/mol. The van der Waals surface area contributed by atoms with Gasteiger partial charge in [0.15, 0.2) is 5.96 Å². The summed E-state index contributed by atoms with van der Waals surface area (Å²) < 4.78 is 5.16. The van der Waals surface area contributed by atoms with Crippen molar-refractivity contribution < 1.29 is 4.74 Å². The van der Waals surface area contributed by atoms with Crippen LogP contribution in [0.3, 0.4) is 0 Å². The summed E-state index contributed by atoms with van der Waals surface area (Å²) in [4.78, 5) is 8.40. The summed E-state index contributed by atoms with van der Waals surface area (Å²) in [5.74, 6) is 1.07. The number of hydrogen-bond donors (Lipinski definition) is 2. The molecule has 0 aliphatic carbocycles. The molecule has 0 atom stereocenters. The molecular formula is C14H25IN4O. The van der Waals surface area contributed by atoms with Crippen LogP contribution in [0, 0.1) is 0 Å². The molecule has 0 radical (unpaired) electrons. The van der Waals surface area contributed by atoms with Crippen LogP contribution in [-0.4, -0.2) is 24.6 Å². The molecular weight excluding hydrogens is 367 g/mol. The maximum absolute atomic E-state index is 5.81. The van der Waals surface area contributed by atoms with Gasteiger partial charge < -0.3 is 15.8 Å². The highest BCUT2D eigenvalue weighted by atomic mass is 127. The molecule has 1 heterocycles. The third-order valence-electron chi connectivity index (χ3n) is 2.80. The first-order valence-corrected chi connectivity index (χ1v) is 6.79. The lowest BCUT2D eigenvalue weighted by atomic mass is 10.2. The summed E-state index contributed by atoms with van der Waals surface area (Å²) >= 11 is 0. The van der Waals surface area contributed by atoms with E-state index in [9.17, 15) is 0 Å². The highest BCUT2D eigenvalue weighted by Gasteiger charge is 2.02. The minimum absolute atomic E-state index is 0. The molecule has 0 aliphatic heterocycles. The molecule has 114 valence electrons. The quantitative estimate of drug-likeness (QED) is 0.309. The van der Waals surface area contributed by atoms with Crippen molar-refractivity contribution in [2.24, 2.45) is 10.7 Å². The topological polar surface area (TPSA) is 72.5 Å². The maximum atomic E-state index is 5.81. The number of aromatic nitrogens is 1. The normalized spacial score (nSPS) is 10.8. The molecule has 0 saturated carbocycles. The van der Waals surface area contributed by atoms with Gasteiger partial charge in [0.1, 0.15) is 0 Å². The molecule has 0 aliphatic rings. The lowest BCUT2D eigenvalue weighted by molar-refractivity contribution is 0.392. The van der Waals surface area contributed by atoms with E-state index in [4.69, 9.17) is 10.5 Å². The van der Waals surface area contributed by atoms with Crippen molar-refractivity contribution in [3.8, 4) is 5.88 Å². The fraction of sp³-hybridized carbons (Fsp3) is 0.571. The van der Waals surface area contributed by atoms with Crippen LogP contribution in [0.4, 0.5) is 0 Å². The van der Waals surface area contributed by atoms with Crippen LogP contribution in [-0.2, 0) is 6.54 Å². The number of halogens is 1. The van der Waals surface area contributed by atoms with Crippen LogP contribution in [0.5, 0.6) is 5.88 Å². The number of nitrogens with zero attached hydrogens (tertiary/aromatic N) is 2. The second-order valence-corrected chi connectivity index (χ2v) is 4.36. The summed E-state index contributed by atoms with van der Waals surface area (Å²) in [6.07, 6.45) is 6.56. The molecule has 0 fully saturated rings. The number of nitrogens with two attached hydrogens (primary N) is 1. The molecule has 0 amide bonds. The number of guanidine groups is 1. The molecule has 0 saturated heterocycles. The van der Waals surface area contributed by atoms with Gasteiger partial charge in [-0.3, -0.25) is 0 Å². The minimum atomic E-state index is 0. The summed E-state index contributed by atoms with van der Waals surface area (Å²) in [5.41, 5.74) is 6.74. The largest absolute Gasteiger partial charge is 0.481 e. The molecule has 3 N–H and O–H groups in total. The number of methoxy groups -OCH3 is 1. The van der Waals surface area contributed by atoms with Crippen molar-refractivity contribution in [1.29, 1.82) is 0 Å². The molecule has 5 nitrogen and oxygen atoms in total. The molecule has 1 rings (SSSR count). The Morgan fingerprint density at radius 3 is 2.90 bits per heavy atom. The SMILES string of the molecule is CCCCCCNC(N)=NCc1cccnc1OC.I. The molecule has 6 heteroatoms. The van der Waals surface area contributed by atoms with Gasteiger partial charge >= 0.3 is 0 Å². The Bertz CT molecular complexity index is 399. The molecule has 20 heavy (non-hydrogen) atoms. The zero-order valence-corrected chi connectivity index (χ0v) is 14.6. The fourth-order valence-electron chi connectivity index (χ4n) is 1.72. The van der Waals surface area contributed by atoms with E-state index in [1.165, 1.54) is 19.3 Å². The van der Waals surface area contributed by atoms with Gasteiger partial charge in [-0.25, -0.2) is 9.98 Å². The van der Waals surface area contributed by atoms with Crippen molar-refractivity contribution in [3.05, 3.63) is 23.9 Å². The summed E-state index contributed by atoms with van der Waals surface area (Å²) in [6, 6.07) is 3.80. The first kappa shape index (κ1) is 18.9. The number of pyridine rings is 1. The molecule has 0 spiro atoms. The van der Waals surface area contributed by atoms with E-state index in [-0.39, 0.29) is 24.0 Å². The Morgan fingerprint density at radius 2 is 2.20 bits per heavy atom. The van der Waals surface area contributed by atoms with Gasteiger partial charge in [0.05, 0.1) is 13.7 Å². The number of hydrogen-bond acceptors (Lipinski definition) is 3. The number of unbranched alkanes of at least 4 members (excludes halogenated alkanes) is 3. The van der Waals surface area contributed by atoms with Crippen LogP contribution in [0.25, 0.3) is 0 Å². The Balaban J connectivity index is 0.00000361. The lowest BCUT2D eigenvalue weighted by Crippen LogP contribution is -2.32. The van der Waals surface area contributed by atoms with Crippen LogP contribution in [0.1, 0.15) is 38.2 Å². The van der Waals surface area contributed by atoms with Gasteiger partial charge in [-0.15, -0.1) is 24.0 Å². The van der Waals surface area contributed by atoms with Crippen molar-refractivity contribution in [1.82, 2.24) is 10.3 Å². The van der Waals surface area contributed by atoms with Crippen LogP contribution >= 0.6 is 24.0 Å². The van der Waals surface area contributed by atoms with Crippen molar-refractivity contribution in [2.45, 2.75) is 39.2 Å². The standard InChI is InChI=1S/C14H24N4O.HI/c1-3-4-5-6-9-17-14(15)18-11-12-8-7-10-16-13(12)19-2;/h7-8,10H,3-6,9,11H2,1-2H3,(H3,15,17,18);1H. The minimum Gasteiger partial charge on any atom is -0.481 e. The van der Waals surface area contributed by atoms with Gasteiger partial charge in [0.25, 0.3) is 0 Å². The molecule has 0 unspecified atom stereocenters.